The molecule has 0 spiro atoms. The number of hydrogen-bond acceptors (Lipinski definition) is 5. The molecule has 0 heterocycles. The summed E-state index contributed by atoms with van der Waals surface area (Å²) in [6.07, 6.45) is 0.671. The van der Waals surface area contributed by atoms with Crippen LogP contribution >= 0.6 is 0 Å². The normalized spacial score (nSPS) is 10.8. The van der Waals surface area contributed by atoms with Crippen LogP contribution < -0.4 is 0 Å². The quantitative estimate of drug-likeness (QED) is 0.501. The van der Waals surface area contributed by atoms with Crippen LogP contribution in [0.3, 0.4) is 0 Å². The number of rotatable bonds is 7. The fraction of sp³-hybridized carbons (Fsp3) is 0.750. The Kier molecular flexibility index (Phi) is 6.46. The zero-order valence-corrected chi connectivity index (χ0v) is 10.9. The summed E-state index contributed by atoms with van der Waals surface area (Å²) in [5, 5.41) is 0. The van der Waals surface area contributed by atoms with E-state index in [1.165, 1.54) is 6.92 Å². The van der Waals surface area contributed by atoms with Crippen LogP contribution in [0.15, 0.2) is 0 Å². The first-order valence-corrected chi connectivity index (χ1v) is 5.78. The molecule has 0 aromatic rings. The molecule has 0 N–H and O–H groups in total. The monoisotopic (exact) mass is 244 g/mol. The van der Waals surface area contributed by atoms with E-state index in [2.05, 4.69) is 4.74 Å². The van der Waals surface area contributed by atoms with Crippen molar-refractivity contribution in [3.05, 3.63) is 0 Å². The number of hydrogen-bond donors (Lipinski definition) is 0. The van der Waals surface area contributed by atoms with Gasteiger partial charge in [0.1, 0.15) is 5.41 Å². The Labute approximate surface area is 101 Å². The second-order valence-corrected chi connectivity index (χ2v) is 3.71. The second-order valence-electron chi connectivity index (χ2n) is 3.71. The Morgan fingerprint density at radius 3 is 1.88 bits per heavy atom. The SMILES string of the molecule is CCOC(=O)C(CC)(CC)C(=O)COC(C)=O. The number of Topliss-reactive ketones (excluding diaryl/α,β-unsaturated/α-hetero) is 1. The molecule has 0 aliphatic heterocycles. The van der Waals surface area contributed by atoms with E-state index in [0.717, 1.165) is 0 Å². The third-order valence-corrected chi connectivity index (χ3v) is 2.81. The summed E-state index contributed by atoms with van der Waals surface area (Å²) in [5.41, 5.74) is -1.19. The summed E-state index contributed by atoms with van der Waals surface area (Å²) in [7, 11) is 0. The second kappa shape index (κ2) is 7.04. The molecule has 0 aliphatic carbocycles. The van der Waals surface area contributed by atoms with Crippen molar-refractivity contribution in [1.82, 2.24) is 0 Å². The minimum Gasteiger partial charge on any atom is -0.465 e. The first-order chi connectivity index (χ1) is 7.94. The van der Waals surface area contributed by atoms with E-state index in [-0.39, 0.29) is 13.2 Å². The molecule has 0 radical (unpaired) electrons. The van der Waals surface area contributed by atoms with Crippen LogP contribution in [0, 0.1) is 5.41 Å². The van der Waals surface area contributed by atoms with Gasteiger partial charge in [0.05, 0.1) is 6.61 Å². The maximum atomic E-state index is 12.0. The van der Waals surface area contributed by atoms with Crippen LogP contribution in [-0.2, 0) is 23.9 Å². The summed E-state index contributed by atoms with van der Waals surface area (Å²) in [6.45, 7) is 6.23. The minimum atomic E-state index is -1.19. The molecular formula is C12H20O5. The van der Waals surface area contributed by atoms with Gasteiger partial charge in [0.25, 0.3) is 0 Å². The van der Waals surface area contributed by atoms with Crippen LogP contribution in [-0.4, -0.2) is 30.9 Å². The lowest BCUT2D eigenvalue weighted by molar-refractivity contribution is -0.164. The molecule has 5 nitrogen and oxygen atoms in total. The minimum absolute atomic E-state index is 0.224. The molecule has 0 fully saturated rings. The Balaban J connectivity index is 4.86. The van der Waals surface area contributed by atoms with Crippen LogP contribution in [0.1, 0.15) is 40.5 Å². The van der Waals surface area contributed by atoms with E-state index in [4.69, 9.17) is 4.74 Å². The van der Waals surface area contributed by atoms with Gasteiger partial charge < -0.3 is 9.47 Å². The third kappa shape index (κ3) is 3.84. The summed E-state index contributed by atoms with van der Waals surface area (Å²) in [5.74, 6) is -1.48. The van der Waals surface area contributed by atoms with Gasteiger partial charge in [0, 0.05) is 6.92 Å². The number of carbonyl (C=O) groups excluding carboxylic acids is 3. The highest BCUT2D eigenvalue weighted by atomic mass is 16.5. The lowest BCUT2D eigenvalue weighted by Gasteiger charge is -2.27. The molecule has 5 heteroatoms. The first-order valence-electron chi connectivity index (χ1n) is 5.78. The fourth-order valence-corrected chi connectivity index (χ4v) is 1.62. The van der Waals surface area contributed by atoms with E-state index in [9.17, 15) is 14.4 Å². The van der Waals surface area contributed by atoms with Gasteiger partial charge in [-0.3, -0.25) is 14.4 Å². The lowest BCUT2D eigenvalue weighted by Crippen LogP contribution is -2.42. The first kappa shape index (κ1) is 15.6. The van der Waals surface area contributed by atoms with Gasteiger partial charge in [-0.2, -0.15) is 0 Å². The molecule has 0 aliphatic rings. The largest absolute Gasteiger partial charge is 0.465 e. The standard InChI is InChI=1S/C12H20O5/c1-5-12(6-2,11(15)16-7-3)10(14)8-17-9(4)13/h5-8H2,1-4H3. The van der Waals surface area contributed by atoms with Gasteiger partial charge in [0.2, 0.25) is 0 Å². The molecular weight excluding hydrogens is 224 g/mol. The summed E-state index contributed by atoms with van der Waals surface area (Å²) >= 11 is 0. The van der Waals surface area contributed by atoms with Crippen molar-refractivity contribution < 1.29 is 23.9 Å². The Hall–Kier alpha value is -1.39. The molecule has 0 bridgehead atoms. The predicted molar refractivity (Wildman–Crippen MR) is 61.3 cm³/mol. The Bertz CT molecular complexity index is 291. The molecule has 0 atom stereocenters. The van der Waals surface area contributed by atoms with Gasteiger partial charge in [-0.1, -0.05) is 13.8 Å². The van der Waals surface area contributed by atoms with Crippen LogP contribution in [0.25, 0.3) is 0 Å². The van der Waals surface area contributed by atoms with Crippen LogP contribution in [0.2, 0.25) is 0 Å². The van der Waals surface area contributed by atoms with Gasteiger partial charge in [-0.05, 0) is 19.8 Å². The molecule has 0 unspecified atom stereocenters. The smallest absolute Gasteiger partial charge is 0.319 e. The van der Waals surface area contributed by atoms with Crippen molar-refractivity contribution in [3.8, 4) is 0 Å². The summed E-state index contributed by atoms with van der Waals surface area (Å²) in [4.78, 5) is 34.5. The molecule has 0 aromatic heterocycles. The highest BCUT2D eigenvalue weighted by Gasteiger charge is 2.43. The zero-order valence-electron chi connectivity index (χ0n) is 10.9. The molecule has 0 rings (SSSR count). The highest BCUT2D eigenvalue weighted by Crippen LogP contribution is 2.29. The molecule has 98 valence electrons. The van der Waals surface area contributed by atoms with E-state index < -0.39 is 23.1 Å². The van der Waals surface area contributed by atoms with Crippen molar-refractivity contribution in [1.29, 1.82) is 0 Å². The average molecular weight is 244 g/mol. The van der Waals surface area contributed by atoms with Gasteiger partial charge in [0.15, 0.2) is 12.4 Å². The van der Waals surface area contributed by atoms with E-state index in [1.54, 1.807) is 20.8 Å². The fourth-order valence-electron chi connectivity index (χ4n) is 1.62. The molecule has 0 saturated carbocycles. The van der Waals surface area contributed by atoms with Crippen molar-refractivity contribution in [2.24, 2.45) is 5.41 Å². The molecule has 0 aromatic carbocycles. The van der Waals surface area contributed by atoms with Crippen LogP contribution in [0.5, 0.6) is 0 Å². The molecule has 0 saturated heterocycles. The summed E-state index contributed by atoms with van der Waals surface area (Å²) in [6, 6.07) is 0. The van der Waals surface area contributed by atoms with Crippen molar-refractivity contribution >= 4 is 17.7 Å². The lowest BCUT2D eigenvalue weighted by atomic mass is 9.78. The Morgan fingerprint density at radius 1 is 1.00 bits per heavy atom. The van der Waals surface area contributed by atoms with Crippen molar-refractivity contribution in [3.63, 3.8) is 0 Å². The predicted octanol–water partition coefficient (Wildman–Crippen LogP) is 1.49. The number of esters is 2. The zero-order chi connectivity index (χ0) is 13.5. The number of ketones is 1. The Morgan fingerprint density at radius 2 is 1.53 bits per heavy atom. The van der Waals surface area contributed by atoms with E-state index in [0.29, 0.717) is 12.8 Å². The maximum absolute atomic E-state index is 12.0. The third-order valence-electron chi connectivity index (χ3n) is 2.81. The highest BCUT2D eigenvalue weighted by molar-refractivity contribution is 6.04. The van der Waals surface area contributed by atoms with Gasteiger partial charge in [-0.25, -0.2) is 0 Å². The average Bonchev–Trinajstić information content (AvgIpc) is 2.29. The topological polar surface area (TPSA) is 69.7 Å². The van der Waals surface area contributed by atoms with Crippen molar-refractivity contribution in [2.75, 3.05) is 13.2 Å². The maximum Gasteiger partial charge on any atom is 0.319 e. The van der Waals surface area contributed by atoms with E-state index >= 15 is 0 Å². The molecule has 0 amide bonds. The number of carbonyl (C=O) groups is 3. The van der Waals surface area contributed by atoms with Gasteiger partial charge >= 0.3 is 11.9 Å². The number of ether oxygens (including phenoxy) is 2. The van der Waals surface area contributed by atoms with Gasteiger partial charge in [-0.15, -0.1) is 0 Å². The van der Waals surface area contributed by atoms with Crippen LogP contribution in [0.4, 0.5) is 0 Å². The molecule has 17 heavy (non-hydrogen) atoms. The van der Waals surface area contributed by atoms with Crippen molar-refractivity contribution in [2.45, 2.75) is 40.5 Å². The summed E-state index contributed by atoms with van der Waals surface area (Å²) < 4.78 is 9.56. The van der Waals surface area contributed by atoms with E-state index in [1.807, 2.05) is 0 Å².